The second-order valence-corrected chi connectivity index (χ2v) is 4.39. The van der Waals surface area contributed by atoms with Crippen LogP contribution in [0.4, 0.5) is 5.69 Å². The fourth-order valence-corrected chi connectivity index (χ4v) is 2.09. The number of amides is 1. The molecule has 0 saturated heterocycles. The Bertz CT molecular complexity index is 746. The molecule has 0 spiro atoms. The van der Waals surface area contributed by atoms with Crippen molar-refractivity contribution in [3.05, 3.63) is 60.0 Å². The van der Waals surface area contributed by atoms with Gasteiger partial charge in [0, 0.05) is 40.7 Å². The predicted octanol–water partition coefficient (Wildman–Crippen LogP) is 3.12. The van der Waals surface area contributed by atoms with Crippen molar-refractivity contribution >= 4 is 22.5 Å². The lowest BCUT2D eigenvalue weighted by atomic mass is 10.1. The van der Waals surface area contributed by atoms with E-state index in [9.17, 15) is 4.79 Å². The van der Waals surface area contributed by atoms with E-state index in [-0.39, 0.29) is 5.91 Å². The van der Waals surface area contributed by atoms with Crippen LogP contribution in [0.1, 0.15) is 15.9 Å². The molecule has 0 aliphatic rings. The number of pyridine rings is 1. The van der Waals surface area contributed by atoms with Gasteiger partial charge in [-0.15, -0.1) is 0 Å². The van der Waals surface area contributed by atoms with E-state index in [4.69, 9.17) is 0 Å². The Labute approximate surface area is 110 Å². The van der Waals surface area contributed by atoms with E-state index in [1.807, 2.05) is 37.4 Å². The van der Waals surface area contributed by atoms with Gasteiger partial charge < -0.3 is 10.3 Å². The van der Waals surface area contributed by atoms with Crippen molar-refractivity contribution in [2.24, 2.45) is 0 Å². The number of anilines is 1. The summed E-state index contributed by atoms with van der Waals surface area (Å²) in [6.45, 7) is 1.92. The number of rotatable bonds is 2. The molecule has 2 aromatic heterocycles. The molecule has 3 aromatic rings. The minimum Gasteiger partial charge on any atom is -0.361 e. The van der Waals surface area contributed by atoms with Crippen molar-refractivity contribution in [1.82, 2.24) is 9.97 Å². The number of aromatic amines is 1. The van der Waals surface area contributed by atoms with Gasteiger partial charge in [-0.25, -0.2) is 0 Å². The maximum absolute atomic E-state index is 12.3. The van der Waals surface area contributed by atoms with Gasteiger partial charge in [-0.1, -0.05) is 6.07 Å². The van der Waals surface area contributed by atoms with Gasteiger partial charge in [-0.05, 0) is 36.8 Å². The molecule has 1 aromatic carbocycles. The van der Waals surface area contributed by atoms with Gasteiger partial charge >= 0.3 is 0 Å². The molecule has 0 unspecified atom stereocenters. The van der Waals surface area contributed by atoms with Gasteiger partial charge in [0.2, 0.25) is 0 Å². The van der Waals surface area contributed by atoms with Crippen LogP contribution in [0, 0.1) is 6.92 Å². The summed E-state index contributed by atoms with van der Waals surface area (Å²) in [7, 11) is 0. The molecule has 0 aliphatic carbocycles. The Balaban J connectivity index is 1.97. The van der Waals surface area contributed by atoms with Crippen LogP contribution >= 0.6 is 0 Å². The van der Waals surface area contributed by atoms with Gasteiger partial charge in [-0.3, -0.25) is 9.78 Å². The lowest BCUT2D eigenvalue weighted by Gasteiger charge is -2.08. The van der Waals surface area contributed by atoms with Crippen LogP contribution in [-0.2, 0) is 0 Å². The maximum Gasteiger partial charge on any atom is 0.256 e. The topological polar surface area (TPSA) is 57.8 Å². The molecule has 2 heterocycles. The number of fused-ring (bicyclic) bond motifs is 1. The average molecular weight is 251 g/mol. The summed E-state index contributed by atoms with van der Waals surface area (Å²) in [5, 5.41) is 3.84. The molecule has 19 heavy (non-hydrogen) atoms. The normalized spacial score (nSPS) is 10.6. The number of H-pyrrole nitrogens is 1. The summed E-state index contributed by atoms with van der Waals surface area (Å²) in [6, 6.07) is 9.34. The van der Waals surface area contributed by atoms with E-state index in [1.165, 1.54) is 0 Å². The second-order valence-electron chi connectivity index (χ2n) is 4.39. The van der Waals surface area contributed by atoms with Crippen molar-refractivity contribution in [3.8, 4) is 0 Å². The van der Waals surface area contributed by atoms with Crippen LogP contribution in [-0.4, -0.2) is 15.9 Å². The SMILES string of the molecule is Cc1cnccc1NC(=O)c1cccc2[nH]ccc12. The predicted molar refractivity (Wildman–Crippen MR) is 75.2 cm³/mol. The molecule has 3 rings (SSSR count). The zero-order valence-electron chi connectivity index (χ0n) is 10.5. The van der Waals surface area contributed by atoms with Gasteiger partial charge in [-0.2, -0.15) is 0 Å². The van der Waals surface area contributed by atoms with Crippen LogP contribution in [0.25, 0.3) is 10.9 Å². The first-order valence-electron chi connectivity index (χ1n) is 6.04. The number of nitrogens with zero attached hydrogens (tertiary/aromatic N) is 1. The third kappa shape index (κ3) is 2.08. The Morgan fingerprint density at radius 2 is 2.16 bits per heavy atom. The molecule has 0 saturated carbocycles. The largest absolute Gasteiger partial charge is 0.361 e. The highest BCUT2D eigenvalue weighted by Gasteiger charge is 2.11. The van der Waals surface area contributed by atoms with E-state index in [0.717, 1.165) is 22.2 Å². The minimum atomic E-state index is -0.112. The summed E-state index contributed by atoms with van der Waals surface area (Å²) in [4.78, 5) is 19.4. The fraction of sp³-hybridized carbons (Fsp3) is 0.0667. The van der Waals surface area contributed by atoms with E-state index in [2.05, 4.69) is 15.3 Å². The molecule has 0 aliphatic heterocycles. The second kappa shape index (κ2) is 4.57. The van der Waals surface area contributed by atoms with Gasteiger partial charge in [0.1, 0.15) is 0 Å². The van der Waals surface area contributed by atoms with Crippen molar-refractivity contribution in [2.45, 2.75) is 6.92 Å². The van der Waals surface area contributed by atoms with Gasteiger partial charge in [0.05, 0.1) is 0 Å². The standard InChI is InChI=1S/C15H13N3O/c1-10-9-16-7-6-13(10)18-15(19)12-3-2-4-14-11(12)5-8-17-14/h2-9,17H,1H3,(H,16,18,19). The Morgan fingerprint density at radius 3 is 3.00 bits per heavy atom. The van der Waals surface area contributed by atoms with Crippen molar-refractivity contribution < 1.29 is 4.79 Å². The third-order valence-electron chi connectivity index (χ3n) is 3.11. The fourth-order valence-electron chi connectivity index (χ4n) is 2.09. The number of hydrogen-bond acceptors (Lipinski definition) is 2. The summed E-state index contributed by atoms with van der Waals surface area (Å²) in [5.41, 5.74) is 3.35. The molecule has 0 fully saturated rings. The van der Waals surface area contributed by atoms with Crippen LogP contribution in [0.2, 0.25) is 0 Å². The maximum atomic E-state index is 12.3. The minimum absolute atomic E-state index is 0.112. The highest BCUT2D eigenvalue weighted by atomic mass is 16.1. The van der Waals surface area contributed by atoms with E-state index < -0.39 is 0 Å². The monoisotopic (exact) mass is 251 g/mol. The number of hydrogen-bond donors (Lipinski definition) is 2. The van der Waals surface area contributed by atoms with Gasteiger partial charge in [0.15, 0.2) is 0 Å². The number of nitrogens with one attached hydrogen (secondary N) is 2. The summed E-state index contributed by atoms with van der Waals surface area (Å²) < 4.78 is 0. The Hall–Kier alpha value is -2.62. The quantitative estimate of drug-likeness (QED) is 0.735. The highest BCUT2D eigenvalue weighted by Crippen LogP contribution is 2.19. The molecule has 4 nitrogen and oxygen atoms in total. The highest BCUT2D eigenvalue weighted by molar-refractivity contribution is 6.12. The molecular weight excluding hydrogens is 238 g/mol. The van der Waals surface area contributed by atoms with Crippen molar-refractivity contribution in [3.63, 3.8) is 0 Å². The third-order valence-corrected chi connectivity index (χ3v) is 3.11. The zero-order chi connectivity index (χ0) is 13.2. The zero-order valence-corrected chi connectivity index (χ0v) is 10.5. The molecule has 1 amide bonds. The molecule has 0 atom stereocenters. The summed E-state index contributed by atoms with van der Waals surface area (Å²) >= 11 is 0. The first kappa shape index (κ1) is 11.5. The molecule has 4 heteroatoms. The summed E-state index contributed by atoms with van der Waals surface area (Å²) in [5.74, 6) is -0.112. The first-order chi connectivity index (χ1) is 9.25. The smallest absolute Gasteiger partial charge is 0.256 e. The molecule has 0 bridgehead atoms. The Morgan fingerprint density at radius 1 is 1.26 bits per heavy atom. The Kier molecular flexibility index (Phi) is 2.76. The van der Waals surface area contributed by atoms with Crippen molar-refractivity contribution in [2.75, 3.05) is 5.32 Å². The number of benzene rings is 1. The molecular formula is C15H13N3O. The first-order valence-corrected chi connectivity index (χ1v) is 6.04. The van der Waals surface area contributed by atoms with E-state index in [0.29, 0.717) is 5.56 Å². The number of aromatic nitrogens is 2. The number of aryl methyl sites for hydroxylation is 1. The van der Waals surface area contributed by atoms with Crippen LogP contribution in [0.5, 0.6) is 0 Å². The number of carbonyl (C=O) groups excluding carboxylic acids is 1. The average Bonchev–Trinajstić information content (AvgIpc) is 2.89. The molecule has 2 N–H and O–H groups in total. The van der Waals surface area contributed by atoms with E-state index >= 15 is 0 Å². The lowest BCUT2D eigenvalue weighted by molar-refractivity contribution is 0.102. The molecule has 0 radical (unpaired) electrons. The molecule has 94 valence electrons. The van der Waals surface area contributed by atoms with Gasteiger partial charge in [0.25, 0.3) is 5.91 Å². The van der Waals surface area contributed by atoms with Crippen molar-refractivity contribution in [1.29, 1.82) is 0 Å². The van der Waals surface area contributed by atoms with Crippen LogP contribution in [0.3, 0.4) is 0 Å². The van der Waals surface area contributed by atoms with Crippen LogP contribution in [0.15, 0.2) is 48.9 Å². The van der Waals surface area contributed by atoms with E-state index in [1.54, 1.807) is 18.5 Å². The lowest BCUT2D eigenvalue weighted by Crippen LogP contribution is -2.13. The summed E-state index contributed by atoms with van der Waals surface area (Å²) in [6.07, 6.45) is 5.23. The number of carbonyl (C=O) groups is 1. The van der Waals surface area contributed by atoms with Crippen LogP contribution < -0.4 is 5.32 Å².